The summed E-state index contributed by atoms with van der Waals surface area (Å²) < 4.78 is 5.12. The fourth-order valence-electron chi connectivity index (χ4n) is 3.92. The van der Waals surface area contributed by atoms with Gasteiger partial charge in [0.2, 0.25) is 11.8 Å². The van der Waals surface area contributed by atoms with Crippen molar-refractivity contribution >= 4 is 28.7 Å². The highest BCUT2D eigenvalue weighted by Crippen LogP contribution is 2.22. The molecule has 1 aliphatic rings. The number of aromatic nitrogens is 2. The second kappa shape index (κ2) is 8.60. The van der Waals surface area contributed by atoms with Gasteiger partial charge in [-0.1, -0.05) is 18.2 Å². The van der Waals surface area contributed by atoms with Gasteiger partial charge in [-0.05, 0) is 24.5 Å². The molecule has 31 heavy (non-hydrogen) atoms. The van der Waals surface area contributed by atoms with Gasteiger partial charge >= 0.3 is 5.97 Å². The first-order chi connectivity index (χ1) is 15.0. The van der Waals surface area contributed by atoms with Gasteiger partial charge in [0.15, 0.2) is 5.69 Å². The van der Waals surface area contributed by atoms with Gasteiger partial charge < -0.3 is 30.5 Å². The molecule has 3 heterocycles. The number of fused-ring (bicyclic) bond motifs is 1. The van der Waals surface area contributed by atoms with Gasteiger partial charge in [0.1, 0.15) is 18.3 Å². The Morgan fingerprint density at radius 1 is 1.35 bits per heavy atom. The Morgan fingerprint density at radius 2 is 2.16 bits per heavy atom. The van der Waals surface area contributed by atoms with Gasteiger partial charge in [-0.2, -0.15) is 0 Å². The topological polar surface area (TPSA) is 155 Å². The third-order valence-electron chi connectivity index (χ3n) is 5.48. The second-order valence-electron chi connectivity index (χ2n) is 7.45. The first-order valence-corrected chi connectivity index (χ1v) is 10.0. The number of nitrogens with one attached hydrogen (secondary N) is 2. The molecule has 0 spiro atoms. The van der Waals surface area contributed by atoms with E-state index in [-0.39, 0.29) is 24.6 Å². The van der Waals surface area contributed by atoms with E-state index >= 15 is 0 Å². The maximum Gasteiger partial charge on any atom is 0.326 e. The number of para-hydroxylation sites is 1. The van der Waals surface area contributed by atoms with Crippen molar-refractivity contribution in [2.45, 2.75) is 37.9 Å². The van der Waals surface area contributed by atoms with Crippen molar-refractivity contribution in [2.75, 3.05) is 6.54 Å². The van der Waals surface area contributed by atoms with Crippen LogP contribution in [0.2, 0.25) is 0 Å². The molecule has 5 N–H and O–H groups in total. The molecular weight excluding hydrogens is 402 g/mol. The maximum absolute atomic E-state index is 12.9. The predicted molar refractivity (Wildman–Crippen MR) is 110 cm³/mol. The van der Waals surface area contributed by atoms with Gasteiger partial charge in [-0.15, -0.1) is 0 Å². The van der Waals surface area contributed by atoms with Crippen LogP contribution in [-0.2, 0) is 22.6 Å². The number of carbonyl (C=O) groups is 3. The highest BCUT2D eigenvalue weighted by atomic mass is 16.4. The monoisotopic (exact) mass is 425 g/mol. The molecule has 0 aliphatic carbocycles. The molecular formula is C21H23N5O5. The number of nitrogens with zero attached hydrogens (tertiary/aromatic N) is 2. The highest BCUT2D eigenvalue weighted by molar-refractivity contribution is 5.97. The quantitative estimate of drug-likeness (QED) is 0.441. The first-order valence-electron chi connectivity index (χ1n) is 10.0. The van der Waals surface area contributed by atoms with Gasteiger partial charge in [0.25, 0.3) is 5.91 Å². The predicted octanol–water partition coefficient (Wildman–Crippen LogP) is 1.03. The number of carbonyl (C=O) groups excluding carboxylic acids is 2. The summed E-state index contributed by atoms with van der Waals surface area (Å²) in [6.07, 6.45) is 4.16. The molecule has 2 atom stereocenters. The number of likely N-dealkylation sites (tertiary alicyclic amines) is 1. The standard InChI is InChI=1S/C21H23N5O5/c22-9-18-24-16(11-31-18)20(28)26-7-3-6-17(26)19(27)25-15(21(29)30)8-12-10-23-14-5-2-1-4-13(12)14/h1-2,4-5,10-11,15,17,23H,3,6-9,22H2,(H,25,27)(H,29,30). The van der Waals surface area contributed by atoms with Crippen molar-refractivity contribution in [3.63, 3.8) is 0 Å². The lowest BCUT2D eigenvalue weighted by Gasteiger charge is -2.24. The van der Waals surface area contributed by atoms with Crippen LogP contribution in [0.4, 0.5) is 0 Å². The van der Waals surface area contributed by atoms with Crippen LogP contribution < -0.4 is 11.1 Å². The molecule has 0 saturated carbocycles. The average molecular weight is 425 g/mol. The van der Waals surface area contributed by atoms with E-state index in [2.05, 4.69) is 15.3 Å². The number of hydrogen-bond acceptors (Lipinski definition) is 6. The molecule has 2 amide bonds. The molecule has 3 aromatic rings. The van der Waals surface area contributed by atoms with Crippen molar-refractivity contribution in [1.82, 2.24) is 20.2 Å². The number of carboxylic acid groups (broad SMARTS) is 1. The normalized spacial score (nSPS) is 17.1. The minimum absolute atomic E-state index is 0.0608. The van der Waals surface area contributed by atoms with E-state index in [0.717, 1.165) is 16.5 Å². The van der Waals surface area contributed by atoms with Crippen LogP contribution in [0.25, 0.3) is 10.9 Å². The van der Waals surface area contributed by atoms with Crippen LogP contribution in [0.3, 0.4) is 0 Å². The lowest BCUT2D eigenvalue weighted by Crippen LogP contribution is -2.51. The minimum Gasteiger partial charge on any atom is -0.480 e. The smallest absolute Gasteiger partial charge is 0.326 e. The van der Waals surface area contributed by atoms with E-state index < -0.39 is 29.9 Å². The molecule has 162 valence electrons. The molecule has 1 aliphatic heterocycles. The van der Waals surface area contributed by atoms with Crippen LogP contribution in [0, 0.1) is 0 Å². The highest BCUT2D eigenvalue weighted by Gasteiger charge is 2.37. The van der Waals surface area contributed by atoms with Crippen molar-refractivity contribution in [2.24, 2.45) is 5.73 Å². The van der Waals surface area contributed by atoms with E-state index in [1.54, 1.807) is 6.20 Å². The number of rotatable bonds is 7. The zero-order valence-corrected chi connectivity index (χ0v) is 16.7. The Bertz CT molecular complexity index is 1120. The zero-order valence-electron chi connectivity index (χ0n) is 16.7. The molecule has 2 aromatic heterocycles. The van der Waals surface area contributed by atoms with Crippen molar-refractivity contribution < 1.29 is 23.9 Å². The van der Waals surface area contributed by atoms with Crippen molar-refractivity contribution in [1.29, 1.82) is 0 Å². The number of H-pyrrole nitrogens is 1. The van der Waals surface area contributed by atoms with Crippen LogP contribution in [0.15, 0.2) is 41.1 Å². The molecule has 1 saturated heterocycles. The molecule has 1 aromatic carbocycles. The summed E-state index contributed by atoms with van der Waals surface area (Å²) in [5.74, 6) is -1.85. The SMILES string of the molecule is NCc1nc(C(=O)N2CCCC2C(=O)NC(Cc2c[nH]c3ccccc23)C(=O)O)co1. The minimum atomic E-state index is -1.14. The number of hydrogen-bond donors (Lipinski definition) is 4. The number of aliphatic carboxylic acids is 1. The fourth-order valence-corrected chi connectivity index (χ4v) is 3.92. The Hall–Kier alpha value is -3.66. The molecule has 1 fully saturated rings. The molecule has 4 rings (SSSR count). The van der Waals surface area contributed by atoms with Crippen LogP contribution in [0.5, 0.6) is 0 Å². The van der Waals surface area contributed by atoms with Gasteiger partial charge in [0.05, 0.1) is 6.54 Å². The third-order valence-corrected chi connectivity index (χ3v) is 5.48. The summed E-state index contributed by atoms with van der Waals surface area (Å²) in [7, 11) is 0. The Labute approximate surface area is 177 Å². The van der Waals surface area contributed by atoms with Gasteiger partial charge in [-0.3, -0.25) is 9.59 Å². The molecule has 0 bridgehead atoms. The number of amides is 2. The summed E-state index contributed by atoms with van der Waals surface area (Å²) in [5.41, 5.74) is 7.22. The number of carboxylic acids is 1. The lowest BCUT2D eigenvalue weighted by atomic mass is 10.0. The third kappa shape index (κ3) is 4.15. The van der Waals surface area contributed by atoms with Crippen molar-refractivity contribution in [3.8, 4) is 0 Å². The summed E-state index contributed by atoms with van der Waals surface area (Å²) in [4.78, 5) is 46.1. The Balaban J connectivity index is 1.47. The zero-order chi connectivity index (χ0) is 22.0. The van der Waals surface area contributed by atoms with E-state index in [9.17, 15) is 19.5 Å². The van der Waals surface area contributed by atoms with Crippen LogP contribution >= 0.6 is 0 Å². The second-order valence-corrected chi connectivity index (χ2v) is 7.45. The van der Waals surface area contributed by atoms with Crippen molar-refractivity contribution in [3.05, 3.63) is 53.9 Å². The van der Waals surface area contributed by atoms with Gasteiger partial charge in [-0.25, -0.2) is 9.78 Å². The summed E-state index contributed by atoms with van der Waals surface area (Å²) in [6.45, 7) is 0.438. The van der Waals surface area contributed by atoms with E-state index in [0.29, 0.717) is 19.4 Å². The molecule has 2 unspecified atom stereocenters. The number of oxazole rings is 1. The first kappa shape index (κ1) is 20.6. The lowest BCUT2D eigenvalue weighted by molar-refractivity contribution is -0.142. The van der Waals surface area contributed by atoms with E-state index in [1.807, 2.05) is 24.3 Å². The van der Waals surface area contributed by atoms with E-state index in [4.69, 9.17) is 10.2 Å². The molecule has 0 radical (unpaired) electrons. The summed E-state index contributed by atoms with van der Waals surface area (Å²) in [5, 5.41) is 13.2. The molecule has 10 nitrogen and oxygen atoms in total. The maximum atomic E-state index is 12.9. The average Bonchev–Trinajstić information content (AvgIpc) is 3.52. The van der Waals surface area contributed by atoms with Crippen LogP contribution in [0.1, 0.15) is 34.8 Å². The number of aromatic amines is 1. The van der Waals surface area contributed by atoms with Gasteiger partial charge in [0, 0.05) is 30.1 Å². The largest absolute Gasteiger partial charge is 0.480 e. The van der Waals surface area contributed by atoms with Crippen LogP contribution in [-0.4, -0.2) is 56.4 Å². The Kier molecular flexibility index (Phi) is 5.72. The number of benzene rings is 1. The number of nitrogens with two attached hydrogens (primary N) is 1. The molecule has 10 heteroatoms. The fraction of sp³-hybridized carbons (Fsp3) is 0.333. The Morgan fingerprint density at radius 3 is 2.90 bits per heavy atom. The van der Waals surface area contributed by atoms with E-state index in [1.165, 1.54) is 11.2 Å². The summed E-state index contributed by atoms with van der Waals surface area (Å²) in [6, 6.07) is 5.66. The summed E-state index contributed by atoms with van der Waals surface area (Å²) >= 11 is 0.